The molecule has 1 heterocycles. The number of rotatable bonds is 3. The molecule has 0 aliphatic carbocycles. The van der Waals surface area contributed by atoms with Crippen LogP contribution in [0.2, 0.25) is 5.02 Å². The topological polar surface area (TPSA) is 50.9 Å². The minimum Gasteiger partial charge on any atom is -0.397 e. The van der Waals surface area contributed by atoms with E-state index < -0.39 is 0 Å². The maximum absolute atomic E-state index is 5.87. The normalized spacial score (nSPS) is 12.2. The van der Waals surface area contributed by atoms with Crippen LogP contribution in [0.4, 0.5) is 11.5 Å². The first-order chi connectivity index (χ1) is 8.56. The number of aryl methyl sites for hydroxylation is 1. The quantitative estimate of drug-likeness (QED) is 0.884. The minimum absolute atomic E-state index is 0.165. The van der Waals surface area contributed by atoms with Crippen molar-refractivity contribution in [2.45, 2.75) is 19.9 Å². The van der Waals surface area contributed by atoms with Crippen LogP contribution in [0.3, 0.4) is 0 Å². The van der Waals surface area contributed by atoms with E-state index in [1.807, 2.05) is 37.3 Å². The Morgan fingerprint density at radius 2 is 1.94 bits per heavy atom. The van der Waals surface area contributed by atoms with Crippen molar-refractivity contribution in [3.8, 4) is 0 Å². The van der Waals surface area contributed by atoms with Crippen LogP contribution in [0.5, 0.6) is 0 Å². The SMILES string of the molecule is Cc1cc(NC(C)c2ccc(Cl)cc2)ncc1N. The Balaban J connectivity index is 2.13. The fourth-order valence-electron chi connectivity index (χ4n) is 1.70. The minimum atomic E-state index is 0.165. The van der Waals surface area contributed by atoms with Gasteiger partial charge in [0.2, 0.25) is 0 Å². The summed E-state index contributed by atoms with van der Waals surface area (Å²) in [6.45, 7) is 4.05. The van der Waals surface area contributed by atoms with Crippen LogP contribution in [0.25, 0.3) is 0 Å². The molecular formula is C14H16ClN3. The maximum atomic E-state index is 5.87. The summed E-state index contributed by atoms with van der Waals surface area (Å²) >= 11 is 5.87. The van der Waals surface area contributed by atoms with Crippen molar-refractivity contribution >= 4 is 23.1 Å². The smallest absolute Gasteiger partial charge is 0.126 e. The molecule has 0 spiro atoms. The van der Waals surface area contributed by atoms with Crippen LogP contribution in [-0.2, 0) is 0 Å². The number of nitrogens with two attached hydrogens (primary N) is 1. The lowest BCUT2D eigenvalue weighted by molar-refractivity contribution is 0.874. The fraction of sp³-hybridized carbons (Fsp3) is 0.214. The van der Waals surface area contributed by atoms with Gasteiger partial charge in [-0.25, -0.2) is 4.98 Å². The van der Waals surface area contributed by atoms with Crippen LogP contribution >= 0.6 is 11.6 Å². The molecule has 1 aromatic carbocycles. The molecule has 0 bridgehead atoms. The average Bonchev–Trinajstić information content (AvgIpc) is 2.34. The van der Waals surface area contributed by atoms with Gasteiger partial charge in [0.15, 0.2) is 0 Å². The van der Waals surface area contributed by atoms with Crippen molar-refractivity contribution in [1.82, 2.24) is 4.98 Å². The van der Waals surface area contributed by atoms with Gasteiger partial charge in [-0.1, -0.05) is 23.7 Å². The summed E-state index contributed by atoms with van der Waals surface area (Å²) in [5, 5.41) is 4.08. The molecule has 1 atom stereocenters. The summed E-state index contributed by atoms with van der Waals surface area (Å²) < 4.78 is 0. The van der Waals surface area contributed by atoms with Gasteiger partial charge in [0, 0.05) is 11.1 Å². The number of halogens is 1. The molecular weight excluding hydrogens is 246 g/mol. The first-order valence-electron chi connectivity index (χ1n) is 5.80. The molecule has 0 fully saturated rings. The Kier molecular flexibility index (Phi) is 3.72. The number of aromatic nitrogens is 1. The van der Waals surface area contributed by atoms with Crippen molar-refractivity contribution in [2.24, 2.45) is 0 Å². The third-order valence-electron chi connectivity index (χ3n) is 2.89. The Labute approximate surface area is 112 Å². The molecule has 0 amide bonds. The van der Waals surface area contributed by atoms with Crippen molar-refractivity contribution in [3.05, 3.63) is 52.7 Å². The zero-order valence-corrected chi connectivity index (χ0v) is 11.2. The van der Waals surface area contributed by atoms with Gasteiger partial charge in [-0.2, -0.15) is 0 Å². The highest BCUT2D eigenvalue weighted by Gasteiger charge is 2.06. The summed E-state index contributed by atoms with van der Waals surface area (Å²) in [7, 11) is 0. The molecule has 0 aliphatic heterocycles. The van der Waals surface area contributed by atoms with Gasteiger partial charge in [0.05, 0.1) is 11.9 Å². The first-order valence-corrected chi connectivity index (χ1v) is 6.18. The summed E-state index contributed by atoms with van der Waals surface area (Å²) in [4.78, 5) is 4.26. The van der Waals surface area contributed by atoms with Gasteiger partial charge in [-0.15, -0.1) is 0 Å². The van der Waals surface area contributed by atoms with E-state index in [0.29, 0.717) is 5.69 Å². The van der Waals surface area contributed by atoms with E-state index in [2.05, 4.69) is 17.2 Å². The third kappa shape index (κ3) is 2.93. The second-order valence-electron chi connectivity index (χ2n) is 4.34. The van der Waals surface area contributed by atoms with Crippen LogP contribution in [0, 0.1) is 6.92 Å². The largest absolute Gasteiger partial charge is 0.397 e. The van der Waals surface area contributed by atoms with Gasteiger partial charge in [0.25, 0.3) is 0 Å². The number of benzene rings is 1. The predicted octanol–water partition coefficient (Wildman–Crippen LogP) is 3.80. The van der Waals surface area contributed by atoms with Crippen LogP contribution < -0.4 is 11.1 Å². The lowest BCUT2D eigenvalue weighted by Gasteiger charge is -2.15. The monoisotopic (exact) mass is 261 g/mol. The zero-order valence-electron chi connectivity index (χ0n) is 10.4. The first kappa shape index (κ1) is 12.7. The molecule has 1 aromatic heterocycles. The molecule has 2 aromatic rings. The summed E-state index contributed by atoms with van der Waals surface area (Å²) in [6.07, 6.45) is 1.67. The molecule has 94 valence electrons. The van der Waals surface area contributed by atoms with E-state index in [0.717, 1.165) is 22.0 Å². The van der Waals surface area contributed by atoms with E-state index in [-0.39, 0.29) is 6.04 Å². The number of nitrogens with one attached hydrogen (secondary N) is 1. The molecule has 0 saturated heterocycles. The Morgan fingerprint density at radius 1 is 1.28 bits per heavy atom. The fourth-order valence-corrected chi connectivity index (χ4v) is 1.83. The molecule has 4 heteroatoms. The van der Waals surface area contributed by atoms with Crippen LogP contribution in [0.15, 0.2) is 36.5 Å². The molecule has 3 N–H and O–H groups in total. The highest BCUT2D eigenvalue weighted by atomic mass is 35.5. The van der Waals surface area contributed by atoms with Gasteiger partial charge < -0.3 is 11.1 Å². The molecule has 1 unspecified atom stereocenters. The lowest BCUT2D eigenvalue weighted by atomic mass is 10.1. The average molecular weight is 262 g/mol. The number of hydrogen-bond donors (Lipinski definition) is 2. The van der Waals surface area contributed by atoms with Gasteiger partial charge in [-0.05, 0) is 43.2 Å². The maximum Gasteiger partial charge on any atom is 0.126 e. The number of pyridine rings is 1. The Bertz CT molecular complexity index is 537. The Morgan fingerprint density at radius 3 is 2.56 bits per heavy atom. The Hall–Kier alpha value is -1.74. The number of nitrogen functional groups attached to an aromatic ring is 1. The van der Waals surface area contributed by atoms with E-state index in [1.54, 1.807) is 6.20 Å². The van der Waals surface area contributed by atoms with Gasteiger partial charge >= 0.3 is 0 Å². The molecule has 0 saturated carbocycles. The predicted molar refractivity (Wildman–Crippen MR) is 76.9 cm³/mol. The summed E-state index contributed by atoms with van der Waals surface area (Å²) in [5.74, 6) is 0.823. The third-order valence-corrected chi connectivity index (χ3v) is 3.14. The summed E-state index contributed by atoms with van der Waals surface area (Å²) in [5.41, 5.74) is 8.64. The van der Waals surface area contributed by atoms with Crippen LogP contribution in [0.1, 0.15) is 24.1 Å². The van der Waals surface area contributed by atoms with Crippen molar-refractivity contribution in [2.75, 3.05) is 11.1 Å². The highest BCUT2D eigenvalue weighted by Crippen LogP contribution is 2.21. The van der Waals surface area contributed by atoms with Gasteiger partial charge in [-0.3, -0.25) is 0 Å². The molecule has 0 radical (unpaired) electrons. The highest BCUT2D eigenvalue weighted by molar-refractivity contribution is 6.30. The van der Waals surface area contributed by atoms with E-state index >= 15 is 0 Å². The number of hydrogen-bond acceptors (Lipinski definition) is 3. The molecule has 18 heavy (non-hydrogen) atoms. The van der Waals surface area contributed by atoms with Crippen molar-refractivity contribution in [3.63, 3.8) is 0 Å². The van der Waals surface area contributed by atoms with E-state index in [4.69, 9.17) is 17.3 Å². The number of anilines is 2. The van der Waals surface area contributed by atoms with E-state index in [1.165, 1.54) is 0 Å². The van der Waals surface area contributed by atoms with Crippen molar-refractivity contribution < 1.29 is 0 Å². The van der Waals surface area contributed by atoms with Crippen LogP contribution in [-0.4, -0.2) is 4.98 Å². The van der Waals surface area contributed by atoms with E-state index in [9.17, 15) is 0 Å². The summed E-state index contributed by atoms with van der Waals surface area (Å²) in [6, 6.07) is 9.89. The second kappa shape index (κ2) is 5.27. The standard InChI is InChI=1S/C14H16ClN3/c1-9-7-14(17-8-13(9)16)18-10(2)11-3-5-12(15)6-4-11/h3-8,10H,16H2,1-2H3,(H,17,18). The molecule has 2 rings (SSSR count). The molecule has 3 nitrogen and oxygen atoms in total. The molecule has 0 aliphatic rings. The number of nitrogens with zero attached hydrogens (tertiary/aromatic N) is 1. The van der Waals surface area contributed by atoms with Crippen molar-refractivity contribution in [1.29, 1.82) is 0 Å². The second-order valence-corrected chi connectivity index (χ2v) is 4.78. The van der Waals surface area contributed by atoms with Gasteiger partial charge in [0.1, 0.15) is 5.82 Å². The lowest BCUT2D eigenvalue weighted by Crippen LogP contribution is -2.08. The zero-order chi connectivity index (χ0) is 13.1.